The summed E-state index contributed by atoms with van der Waals surface area (Å²) in [4.78, 5) is 11.0. The van der Waals surface area contributed by atoms with Crippen LogP contribution in [0.3, 0.4) is 0 Å². The Labute approximate surface area is 99.4 Å². The molecule has 0 saturated carbocycles. The maximum atomic E-state index is 11.3. The van der Waals surface area contributed by atoms with Crippen molar-refractivity contribution >= 4 is 5.69 Å². The maximum absolute atomic E-state index is 11.3. The second-order valence-electron chi connectivity index (χ2n) is 5.07. The Kier molecular flexibility index (Phi) is 2.40. The highest BCUT2D eigenvalue weighted by Crippen LogP contribution is 2.41. The quantitative estimate of drug-likeness (QED) is 0.625. The molecule has 3 rings (SSSR count). The molecule has 1 unspecified atom stereocenters. The second-order valence-corrected chi connectivity index (χ2v) is 5.07. The van der Waals surface area contributed by atoms with Crippen molar-refractivity contribution in [3.63, 3.8) is 0 Å². The lowest BCUT2D eigenvalue weighted by Gasteiger charge is -2.07. The van der Waals surface area contributed by atoms with E-state index in [0.717, 1.165) is 47.9 Å². The summed E-state index contributed by atoms with van der Waals surface area (Å²) in [5.41, 5.74) is 4.44. The highest BCUT2D eigenvalue weighted by Gasteiger charge is 2.33. The molecule has 1 aromatic carbocycles. The van der Waals surface area contributed by atoms with Gasteiger partial charge in [0.2, 0.25) is 0 Å². The van der Waals surface area contributed by atoms with Crippen LogP contribution in [0.15, 0.2) is 6.07 Å². The van der Waals surface area contributed by atoms with Gasteiger partial charge in [-0.15, -0.1) is 0 Å². The minimum absolute atomic E-state index is 0.122. The van der Waals surface area contributed by atoms with Crippen LogP contribution in [0.5, 0.6) is 0 Å². The van der Waals surface area contributed by atoms with E-state index in [1.165, 1.54) is 0 Å². The topological polar surface area (TPSA) is 63.4 Å². The van der Waals surface area contributed by atoms with Crippen LogP contribution >= 0.6 is 0 Å². The molecule has 17 heavy (non-hydrogen) atoms. The van der Waals surface area contributed by atoms with Gasteiger partial charge in [0.25, 0.3) is 5.69 Å². The van der Waals surface area contributed by atoms with E-state index in [1.807, 2.05) is 0 Å². The number of aliphatic hydroxyl groups excluding tert-OH is 1. The Hall–Kier alpha value is -1.42. The number of hydrogen-bond acceptors (Lipinski definition) is 3. The lowest BCUT2D eigenvalue weighted by Crippen LogP contribution is -2.05. The number of hydrogen-bond donors (Lipinski definition) is 1. The third-order valence-corrected chi connectivity index (χ3v) is 4.01. The van der Waals surface area contributed by atoms with Gasteiger partial charge >= 0.3 is 0 Å². The van der Waals surface area contributed by atoms with Crippen molar-refractivity contribution in [3.05, 3.63) is 38.4 Å². The van der Waals surface area contributed by atoms with Gasteiger partial charge in [0.05, 0.1) is 4.92 Å². The zero-order valence-corrected chi connectivity index (χ0v) is 9.61. The van der Waals surface area contributed by atoms with Crippen molar-refractivity contribution in [2.75, 3.05) is 6.61 Å². The summed E-state index contributed by atoms with van der Waals surface area (Å²) < 4.78 is 0. The fourth-order valence-electron chi connectivity index (χ4n) is 3.26. The van der Waals surface area contributed by atoms with E-state index in [0.29, 0.717) is 12.1 Å². The van der Waals surface area contributed by atoms with Crippen molar-refractivity contribution in [1.29, 1.82) is 0 Å². The summed E-state index contributed by atoms with van der Waals surface area (Å²) in [6, 6.07) is 2.14. The molecular formula is C13H15NO3. The van der Waals surface area contributed by atoms with Crippen molar-refractivity contribution < 1.29 is 10.0 Å². The van der Waals surface area contributed by atoms with E-state index in [-0.39, 0.29) is 17.4 Å². The molecule has 0 heterocycles. The number of aryl methyl sites for hydroxylation is 1. The number of benzene rings is 1. The van der Waals surface area contributed by atoms with Crippen molar-refractivity contribution in [2.24, 2.45) is 5.92 Å². The number of aliphatic hydroxyl groups is 1. The zero-order chi connectivity index (χ0) is 12.0. The van der Waals surface area contributed by atoms with Gasteiger partial charge in [0.1, 0.15) is 0 Å². The van der Waals surface area contributed by atoms with Gasteiger partial charge in [0, 0.05) is 17.7 Å². The summed E-state index contributed by atoms with van der Waals surface area (Å²) in [5.74, 6) is 0.172. The standard InChI is InChI=1S/C13H15NO3/c15-7-8-4-10-6-9-2-1-3-11(9)13(14(16)17)12(10)5-8/h6,8,15H,1-5,7H2. The monoisotopic (exact) mass is 233 g/mol. The first kappa shape index (κ1) is 10.7. The van der Waals surface area contributed by atoms with Crippen LogP contribution in [-0.4, -0.2) is 16.6 Å². The molecule has 0 bridgehead atoms. The maximum Gasteiger partial charge on any atom is 0.276 e. The molecule has 1 atom stereocenters. The number of nitro benzene ring substituents is 1. The molecule has 90 valence electrons. The lowest BCUT2D eigenvalue weighted by atomic mass is 9.99. The van der Waals surface area contributed by atoms with E-state index >= 15 is 0 Å². The number of rotatable bonds is 2. The molecule has 0 aromatic heterocycles. The van der Waals surface area contributed by atoms with Crippen molar-refractivity contribution in [1.82, 2.24) is 0 Å². The predicted molar refractivity (Wildman–Crippen MR) is 63.1 cm³/mol. The van der Waals surface area contributed by atoms with Crippen LogP contribution in [0.4, 0.5) is 5.69 Å². The largest absolute Gasteiger partial charge is 0.396 e. The summed E-state index contributed by atoms with van der Waals surface area (Å²) in [7, 11) is 0. The van der Waals surface area contributed by atoms with Crippen LogP contribution in [-0.2, 0) is 25.7 Å². The van der Waals surface area contributed by atoms with Gasteiger partial charge in [-0.3, -0.25) is 10.1 Å². The van der Waals surface area contributed by atoms with E-state index < -0.39 is 0 Å². The average molecular weight is 233 g/mol. The predicted octanol–water partition coefficient (Wildman–Crippen LogP) is 1.79. The van der Waals surface area contributed by atoms with Gasteiger partial charge in [0.15, 0.2) is 0 Å². The molecule has 0 fully saturated rings. The fraction of sp³-hybridized carbons (Fsp3) is 0.538. The highest BCUT2D eigenvalue weighted by atomic mass is 16.6. The van der Waals surface area contributed by atoms with Gasteiger partial charge in [-0.05, 0) is 49.1 Å². The van der Waals surface area contributed by atoms with Gasteiger partial charge in [-0.2, -0.15) is 0 Å². The third-order valence-electron chi connectivity index (χ3n) is 4.01. The minimum Gasteiger partial charge on any atom is -0.396 e. The Bertz CT molecular complexity index is 496. The molecule has 0 radical (unpaired) electrons. The van der Waals surface area contributed by atoms with Crippen LogP contribution in [0.2, 0.25) is 0 Å². The van der Waals surface area contributed by atoms with Gasteiger partial charge in [-0.25, -0.2) is 0 Å². The number of nitrogens with zero attached hydrogens (tertiary/aromatic N) is 1. The zero-order valence-electron chi connectivity index (χ0n) is 9.61. The van der Waals surface area contributed by atoms with E-state index in [9.17, 15) is 15.2 Å². The molecule has 4 heteroatoms. The first-order valence-corrected chi connectivity index (χ1v) is 6.12. The lowest BCUT2D eigenvalue weighted by molar-refractivity contribution is -0.386. The Morgan fingerprint density at radius 3 is 2.82 bits per heavy atom. The second kappa shape index (κ2) is 3.81. The smallest absolute Gasteiger partial charge is 0.276 e. The fourth-order valence-corrected chi connectivity index (χ4v) is 3.26. The first-order valence-electron chi connectivity index (χ1n) is 6.12. The first-order chi connectivity index (χ1) is 8.20. The van der Waals surface area contributed by atoms with Crippen LogP contribution in [0.1, 0.15) is 28.7 Å². The SMILES string of the molecule is O=[N+]([O-])c1c2c(cc3c1CC(CO)C3)CCC2. The van der Waals surface area contributed by atoms with Crippen LogP contribution in [0, 0.1) is 16.0 Å². The number of nitro groups is 1. The molecule has 4 nitrogen and oxygen atoms in total. The van der Waals surface area contributed by atoms with Crippen molar-refractivity contribution in [3.8, 4) is 0 Å². The molecule has 0 aliphatic heterocycles. The molecular weight excluding hydrogens is 218 g/mol. The Morgan fingerprint density at radius 2 is 2.12 bits per heavy atom. The molecule has 1 aromatic rings. The van der Waals surface area contributed by atoms with E-state index in [2.05, 4.69) is 6.07 Å². The third kappa shape index (κ3) is 1.55. The highest BCUT2D eigenvalue weighted by molar-refractivity contribution is 5.59. The Balaban J connectivity index is 2.16. The molecule has 0 amide bonds. The summed E-state index contributed by atoms with van der Waals surface area (Å²) >= 11 is 0. The van der Waals surface area contributed by atoms with Crippen molar-refractivity contribution in [2.45, 2.75) is 32.1 Å². The molecule has 0 spiro atoms. The summed E-state index contributed by atoms with van der Waals surface area (Å²) in [6.45, 7) is 0.122. The molecule has 2 aliphatic rings. The van der Waals surface area contributed by atoms with Crippen LogP contribution in [0.25, 0.3) is 0 Å². The van der Waals surface area contributed by atoms with Gasteiger partial charge in [-0.1, -0.05) is 6.07 Å². The normalized spacial score (nSPS) is 21.4. The summed E-state index contributed by atoms with van der Waals surface area (Å²) in [5, 5.41) is 20.5. The molecule has 1 N–H and O–H groups in total. The van der Waals surface area contributed by atoms with Gasteiger partial charge < -0.3 is 5.11 Å². The number of fused-ring (bicyclic) bond motifs is 2. The molecule has 2 aliphatic carbocycles. The van der Waals surface area contributed by atoms with Crippen LogP contribution < -0.4 is 0 Å². The summed E-state index contributed by atoms with van der Waals surface area (Å²) in [6.07, 6.45) is 4.29. The average Bonchev–Trinajstić information content (AvgIpc) is 2.89. The molecule has 0 saturated heterocycles. The Morgan fingerprint density at radius 1 is 1.29 bits per heavy atom. The minimum atomic E-state index is -0.220. The van der Waals surface area contributed by atoms with E-state index in [1.54, 1.807) is 0 Å². The van der Waals surface area contributed by atoms with E-state index in [4.69, 9.17) is 0 Å².